The molecule has 1 saturated heterocycles. The Morgan fingerprint density at radius 3 is 2.44 bits per heavy atom. The van der Waals surface area contributed by atoms with Crippen LogP contribution in [0.1, 0.15) is 5.56 Å². The van der Waals surface area contributed by atoms with Crippen molar-refractivity contribution in [3.8, 4) is 0 Å². The van der Waals surface area contributed by atoms with E-state index in [-0.39, 0.29) is 11.5 Å². The molecule has 0 saturated carbocycles. The molecule has 0 aliphatic carbocycles. The Hall–Kier alpha value is -1.62. The maximum Gasteiger partial charge on any atom is 0.228 e. The van der Waals surface area contributed by atoms with Gasteiger partial charge in [0.2, 0.25) is 6.54 Å². The molecule has 0 atom stereocenters. The van der Waals surface area contributed by atoms with Crippen molar-refractivity contribution in [2.75, 3.05) is 31.1 Å². The number of piperazine rings is 1. The second kappa shape index (κ2) is 4.94. The third-order valence-electron chi connectivity index (χ3n) is 2.73. The van der Waals surface area contributed by atoms with Gasteiger partial charge in [0.15, 0.2) is 0 Å². The van der Waals surface area contributed by atoms with Crippen molar-refractivity contribution >= 4 is 5.69 Å². The van der Waals surface area contributed by atoms with Crippen LogP contribution < -0.4 is 10.2 Å². The molecular formula is C11H15N3O2. The first-order valence-corrected chi connectivity index (χ1v) is 5.42. The fourth-order valence-electron chi connectivity index (χ4n) is 1.88. The van der Waals surface area contributed by atoms with Gasteiger partial charge >= 0.3 is 0 Å². The lowest BCUT2D eigenvalue weighted by molar-refractivity contribution is -0.496. The van der Waals surface area contributed by atoms with E-state index >= 15 is 0 Å². The van der Waals surface area contributed by atoms with E-state index in [0.717, 1.165) is 37.4 Å². The van der Waals surface area contributed by atoms with Crippen LogP contribution in [0.15, 0.2) is 24.3 Å². The van der Waals surface area contributed by atoms with E-state index in [0.29, 0.717) is 0 Å². The second-order valence-electron chi connectivity index (χ2n) is 3.89. The van der Waals surface area contributed by atoms with Gasteiger partial charge in [0, 0.05) is 42.4 Å². The molecule has 1 aromatic rings. The van der Waals surface area contributed by atoms with Crippen LogP contribution in [0, 0.1) is 10.1 Å². The second-order valence-corrected chi connectivity index (χ2v) is 3.89. The van der Waals surface area contributed by atoms with Crippen molar-refractivity contribution in [2.24, 2.45) is 0 Å². The van der Waals surface area contributed by atoms with Crippen LogP contribution in [0.4, 0.5) is 5.69 Å². The highest BCUT2D eigenvalue weighted by Crippen LogP contribution is 2.15. The van der Waals surface area contributed by atoms with Gasteiger partial charge in [-0.15, -0.1) is 0 Å². The smallest absolute Gasteiger partial charge is 0.228 e. The van der Waals surface area contributed by atoms with Gasteiger partial charge in [0.05, 0.1) is 0 Å². The van der Waals surface area contributed by atoms with Crippen LogP contribution in [0.25, 0.3) is 0 Å². The average molecular weight is 221 g/mol. The Labute approximate surface area is 94.2 Å². The lowest BCUT2D eigenvalue weighted by atomic mass is 10.2. The van der Waals surface area contributed by atoms with Gasteiger partial charge < -0.3 is 10.2 Å². The summed E-state index contributed by atoms with van der Waals surface area (Å²) in [4.78, 5) is 12.3. The van der Waals surface area contributed by atoms with Gasteiger partial charge in [-0.2, -0.15) is 0 Å². The lowest BCUT2D eigenvalue weighted by Crippen LogP contribution is -2.43. The third-order valence-corrected chi connectivity index (χ3v) is 2.73. The Morgan fingerprint density at radius 1 is 1.25 bits per heavy atom. The van der Waals surface area contributed by atoms with Crippen molar-refractivity contribution < 1.29 is 4.92 Å². The molecule has 86 valence electrons. The molecular weight excluding hydrogens is 206 g/mol. The molecule has 1 aromatic carbocycles. The van der Waals surface area contributed by atoms with Crippen LogP contribution in [0.2, 0.25) is 0 Å². The summed E-state index contributed by atoms with van der Waals surface area (Å²) in [5, 5.41) is 13.6. The zero-order chi connectivity index (χ0) is 11.4. The summed E-state index contributed by atoms with van der Waals surface area (Å²) in [7, 11) is 0. The van der Waals surface area contributed by atoms with E-state index in [1.807, 2.05) is 24.3 Å². The van der Waals surface area contributed by atoms with Crippen molar-refractivity contribution in [1.29, 1.82) is 0 Å². The minimum absolute atomic E-state index is 0.0954. The zero-order valence-electron chi connectivity index (χ0n) is 9.06. The number of nitrogens with zero attached hydrogens (tertiary/aromatic N) is 2. The van der Waals surface area contributed by atoms with Crippen LogP contribution in [0.5, 0.6) is 0 Å². The molecule has 0 spiro atoms. The van der Waals surface area contributed by atoms with Gasteiger partial charge in [-0.3, -0.25) is 10.1 Å². The van der Waals surface area contributed by atoms with E-state index < -0.39 is 0 Å². The van der Waals surface area contributed by atoms with E-state index in [1.165, 1.54) is 0 Å². The van der Waals surface area contributed by atoms with Gasteiger partial charge in [-0.1, -0.05) is 12.1 Å². The average Bonchev–Trinajstić information content (AvgIpc) is 2.30. The Balaban J connectivity index is 2.03. The summed E-state index contributed by atoms with van der Waals surface area (Å²) in [5.74, 6) is 0. The van der Waals surface area contributed by atoms with Gasteiger partial charge in [-0.05, 0) is 12.1 Å². The summed E-state index contributed by atoms with van der Waals surface area (Å²) in [5.41, 5.74) is 1.90. The summed E-state index contributed by atoms with van der Waals surface area (Å²) in [6.45, 7) is 3.89. The quantitative estimate of drug-likeness (QED) is 0.608. The fraction of sp³-hybridized carbons (Fsp3) is 0.455. The molecule has 1 fully saturated rings. The van der Waals surface area contributed by atoms with Crippen molar-refractivity contribution in [3.05, 3.63) is 39.9 Å². The first kappa shape index (κ1) is 10.9. The highest BCUT2D eigenvalue weighted by molar-refractivity contribution is 5.47. The predicted octanol–water partition coefficient (Wildman–Crippen LogP) is 0.873. The van der Waals surface area contributed by atoms with Crippen LogP contribution in [0.3, 0.4) is 0 Å². The standard InChI is InChI=1S/C11H15N3O2/c15-14(16)9-10-1-3-11(4-2-10)13-7-5-12-6-8-13/h1-4,12H,5-9H2. The molecule has 0 amide bonds. The molecule has 0 radical (unpaired) electrons. The SMILES string of the molecule is O=[N+]([O-])Cc1ccc(N2CCNCC2)cc1. The predicted molar refractivity (Wildman–Crippen MR) is 62.2 cm³/mol. The Morgan fingerprint density at radius 2 is 1.88 bits per heavy atom. The molecule has 2 rings (SSSR count). The molecule has 1 N–H and O–H groups in total. The molecule has 1 aliphatic heterocycles. The molecule has 16 heavy (non-hydrogen) atoms. The summed E-state index contributed by atoms with van der Waals surface area (Å²) >= 11 is 0. The van der Waals surface area contributed by atoms with E-state index in [1.54, 1.807) is 0 Å². The highest BCUT2D eigenvalue weighted by Gasteiger charge is 2.10. The lowest BCUT2D eigenvalue weighted by Gasteiger charge is -2.29. The number of benzene rings is 1. The number of hydrogen-bond donors (Lipinski definition) is 1. The molecule has 1 aliphatic rings. The van der Waals surface area contributed by atoms with Crippen molar-refractivity contribution in [1.82, 2.24) is 5.32 Å². The molecule has 5 heteroatoms. The summed E-state index contributed by atoms with van der Waals surface area (Å²) < 4.78 is 0. The minimum atomic E-state index is -0.306. The third kappa shape index (κ3) is 2.70. The largest absolute Gasteiger partial charge is 0.369 e. The molecule has 0 unspecified atom stereocenters. The van der Waals surface area contributed by atoms with Crippen molar-refractivity contribution in [3.63, 3.8) is 0 Å². The number of hydrogen-bond acceptors (Lipinski definition) is 4. The van der Waals surface area contributed by atoms with Gasteiger partial charge in [0.1, 0.15) is 0 Å². The van der Waals surface area contributed by atoms with Crippen LogP contribution in [-0.2, 0) is 6.54 Å². The normalized spacial score (nSPS) is 16.1. The Bertz CT molecular complexity index is 358. The molecule has 5 nitrogen and oxygen atoms in total. The fourth-order valence-corrected chi connectivity index (χ4v) is 1.88. The maximum absolute atomic E-state index is 10.3. The Kier molecular flexibility index (Phi) is 3.36. The summed E-state index contributed by atoms with van der Waals surface area (Å²) in [6.07, 6.45) is 0. The number of anilines is 1. The van der Waals surface area contributed by atoms with E-state index in [2.05, 4.69) is 10.2 Å². The van der Waals surface area contributed by atoms with Gasteiger partial charge in [0.25, 0.3) is 0 Å². The maximum atomic E-state index is 10.3. The van der Waals surface area contributed by atoms with Crippen LogP contribution in [-0.4, -0.2) is 31.1 Å². The number of rotatable bonds is 3. The zero-order valence-corrected chi connectivity index (χ0v) is 9.06. The van der Waals surface area contributed by atoms with Crippen molar-refractivity contribution in [2.45, 2.75) is 6.54 Å². The highest BCUT2D eigenvalue weighted by atomic mass is 16.6. The summed E-state index contributed by atoms with van der Waals surface area (Å²) in [6, 6.07) is 7.59. The monoisotopic (exact) mass is 221 g/mol. The van der Waals surface area contributed by atoms with E-state index in [4.69, 9.17) is 0 Å². The molecule has 1 heterocycles. The van der Waals surface area contributed by atoms with Crippen LogP contribution >= 0.6 is 0 Å². The first-order chi connectivity index (χ1) is 7.75. The molecule has 0 bridgehead atoms. The topological polar surface area (TPSA) is 58.4 Å². The number of nitro groups is 1. The van der Waals surface area contributed by atoms with Gasteiger partial charge in [-0.25, -0.2) is 0 Å². The van der Waals surface area contributed by atoms with E-state index in [9.17, 15) is 10.1 Å². The first-order valence-electron chi connectivity index (χ1n) is 5.42. The number of nitrogens with one attached hydrogen (secondary N) is 1. The molecule has 0 aromatic heterocycles. The minimum Gasteiger partial charge on any atom is -0.369 e.